The topological polar surface area (TPSA) is 106 Å². The maximum atomic E-state index is 13.0. The van der Waals surface area contributed by atoms with Crippen LogP contribution in [0.25, 0.3) is 15.2 Å². The van der Waals surface area contributed by atoms with E-state index in [1.807, 2.05) is 13.8 Å². The van der Waals surface area contributed by atoms with Crippen molar-refractivity contribution >= 4 is 27.5 Å². The summed E-state index contributed by atoms with van der Waals surface area (Å²) in [7, 11) is 1.65. The van der Waals surface area contributed by atoms with Gasteiger partial charge in [0, 0.05) is 18.7 Å². The highest BCUT2D eigenvalue weighted by atomic mass is 32.1. The van der Waals surface area contributed by atoms with Crippen molar-refractivity contribution in [3.8, 4) is 5.00 Å². The summed E-state index contributed by atoms with van der Waals surface area (Å²) >= 11 is 1.22. The van der Waals surface area contributed by atoms with Crippen LogP contribution in [-0.2, 0) is 4.79 Å². The van der Waals surface area contributed by atoms with Gasteiger partial charge in [-0.05, 0) is 27.7 Å². The van der Waals surface area contributed by atoms with Crippen molar-refractivity contribution in [1.29, 1.82) is 0 Å². The van der Waals surface area contributed by atoms with Crippen molar-refractivity contribution in [3.63, 3.8) is 0 Å². The third kappa shape index (κ3) is 2.75. The molecule has 0 aliphatic heterocycles. The first-order valence-electron chi connectivity index (χ1n) is 8.15. The number of fused-ring (bicyclic) bond motifs is 1. The zero-order chi connectivity index (χ0) is 19.2. The smallest absolute Gasteiger partial charge is 0.330 e. The largest absolute Gasteiger partial charge is 0.342 e. The molecule has 10 heteroatoms. The molecule has 0 spiro atoms. The summed E-state index contributed by atoms with van der Waals surface area (Å²) in [6.07, 6.45) is 3.07. The first-order valence-corrected chi connectivity index (χ1v) is 8.97. The highest BCUT2D eigenvalue weighted by molar-refractivity contribution is 7.21. The van der Waals surface area contributed by atoms with Crippen molar-refractivity contribution < 1.29 is 4.79 Å². The number of nitrogens with zero attached hydrogens (tertiary/aromatic N) is 5. The molecule has 0 unspecified atom stereocenters. The van der Waals surface area contributed by atoms with E-state index in [0.29, 0.717) is 20.8 Å². The second-order valence-electron chi connectivity index (χ2n) is 6.38. The van der Waals surface area contributed by atoms with Gasteiger partial charge in [-0.3, -0.25) is 14.6 Å². The van der Waals surface area contributed by atoms with Gasteiger partial charge in [0.1, 0.15) is 15.9 Å². The van der Waals surface area contributed by atoms with E-state index in [4.69, 9.17) is 0 Å². The van der Waals surface area contributed by atoms with Crippen molar-refractivity contribution in [2.24, 2.45) is 0 Å². The van der Waals surface area contributed by atoms with E-state index in [0.717, 1.165) is 4.57 Å². The zero-order valence-corrected chi connectivity index (χ0v) is 16.0. The van der Waals surface area contributed by atoms with Crippen molar-refractivity contribution in [2.45, 2.75) is 39.8 Å². The average Bonchev–Trinajstić information content (AvgIpc) is 3.21. The lowest BCUT2D eigenvalue weighted by Crippen LogP contribution is -2.45. The molecule has 3 aromatic rings. The average molecular weight is 376 g/mol. The number of thiophene rings is 1. The van der Waals surface area contributed by atoms with Crippen LogP contribution in [-0.4, -0.2) is 48.4 Å². The number of aromatic nitrogens is 5. The number of aromatic amines is 1. The second-order valence-corrected chi connectivity index (χ2v) is 7.38. The summed E-state index contributed by atoms with van der Waals surface area (Å²) in [5.41, 5.74) is -0.441. The maximum absolute atomic E-state index is 13.0. The van der Waals surface area contributed by atoms with Gasteiger partial charge in [0.25, 0.3) is 5.56 Å². The number of nitrogens with one attached hydrogen (secondary N) is 1. The number of rotatable bonds is 4. The Bertz CT molecular complexity index is 1080. The lowest BCUT2D eigenvalue weighted by atomic mass is 10.2. The van der Waals surface area contributed by atoms with Crippen LogP contribution >= 0.6 is 11.3 Å². The van der Waals surface area contributed by atoms with Crippen molar-refractivity contribution in [1.82, 2.24) is 29.4 Å². The van der Waals surface area contributed by atoms with Crippen LogP contribution in [0.15, 0.2) is 22.0 Å². The number of hydrogen-bond acceptors (Lipinski definition) is 6. The fraction of sp³-hybridized carbons (Fsp3) is 0.438. The van der Waals surface area contributed by atoms with E-state index in [9.17, 15) is 14.4 Å². The van der Waals surface area contributed by atoms with Gasteiger partial charge in [0.15, 0.2) is 0 Å². The minimum Gasteiger partial charge on any atom is -0.342 e. The second kappa shape index (κ2) is 6.52. The predicted octanol–water partition coefficient (Wildman–Crippen LogP) is 1.07. The van der Waals surface area contributed by atoms with E-state index in [-0.39, 0.29) is 11.9 Å². The predicted molar refractivity (Wildman–Crippen MR) is 99.0 cm³/mol. The molecule has 0 fully saturated rings. The number of likely N-dealkylation sites (N-methyl/N-ethyl adjacent to an activating group) is 1. The first kappa shape index (κ1) is 18.1. The number of carbonyl (C=O) groups excluding carboxylic acids is 1. The number of amides is 1. The molecule has 0 radical (unpaired) electrons. The minimum atomic E-state index is -0.909. The quantitative estimate of drug-likeness (QED) is 0.733. The van der Waals surface area contributed by atoms with Gasteiger partial charge in [0.2, 0.25) is 5.91 Å². The van der Waals surface area contributed by atoms with Crippen LogP contribution in [0, 0.1) is 6.92 Å². The fourth-order valence-electron chi connectivity index (χ4n) is 2.74. The lowest BCUT2D eigenvalue weighted by Gasteiger charge is -2.25. The van der Waals surface area contributed by atoms with Crippen LogP contribution in [0.2, 0.25) is 0 Å². The Morgan fingerprint density at radius 3 is 2.42 bits per heavy atom. The fourth-order valence-corrected chi connectivity index (χ4v) is 3.85. The van der Waals surface area contributed by atoms with E-state index in [1.165, 1.54) is 33.4 Å². The lowest BCUT2D eigenvalue weighted by molar-refractivity contribution is -0.134. The molecule has 26 heavy (non-hydrogen) atoms. The van der Waals surface area contributed by atoms with Gasteiger partial charge < -0.3 is 4.90 Å². The van der Waals surface area contributed by atoms with Gasteiger partial charge in [-0.15, -0.1) is 4.80 Å². The molecule has 0 bridgehead atoms. The van der Waals surface area contributed by atoms with Crippen molar-refractivity contribution in [2.75, 3.05) is 7.05 Å². The summed E-state index contributed by atoms with van der Waals surface area (Å²) in [6, 6.07) is -0.947. The molecule has 0 saturated carbocycles. The molecule has 0 aliphatic carbocycles. The Balaban J connectivity index is 2.20. The van der Waals surface area contributed by atoms with Gasteiger partial charge in [0.05, 0.1) is 17.8 Å². The highest BCUT2D eigenvalue weighted by Gasteiger charge is 2.26. The Kier molecular flexibility index (Phi) is 4.53. The van der Waals surface area contributed by atoms with Crippen LogP contribution in [0.1, 0.15) is 32.4 Å². The number of H-pyrrole nitrogens is 1. The summed E-state index contributed by atoms with van der Waals surface area (Å²) in [4.78, 5) is 44.2. The monoisotopic (exact) mass is 376 g/mol. The van der Waals surface area contributed by atoms with E-state index in [1.54, 1.807) is 20.9 Å². The molecule has 0 aromatic carbocycles. The van der Waals surface area contributed by atoms with E-state index >= 15 is 0 Å². The van der Waals surface area contributed by atoms with Gasteiger partial charge in [-0.25, -0.2) is 9.36 Å². The Hall–Kier alpha value is -2.75. The standard InChI is InChI=1S/C16H20N6O3S/c1-8(2)20(5)13(23)10(4)21-14(24)11-9(3)15(22-17-6-7-18-22)26-12(11)19-16(21)25/h6-8,10H,1-5H3,(H,19,25)/t10-/m0/s1. The highest BCUT2D eigenvalue weighted by Crippen LogP contribution is 2.28. The van der Waals surface area contributed by atoms with Crippen molar-refractivity contribution in [3.05, 3.63) is 38.8 Å². The SMILES string of the molecule is Cc1c(-n2nccn2)sc2[nH]c(=O)n([C@@H](C)C(=O)N(C)C(C)C)c(=O)c12. The normalized spacial score (nSPS) is 12.7. The van der Waals surface area contributed by atoms with Crippen LogP contribution in [0.4, 0.5) is 0 Å². The Morgan fingerprint density at radius 2 is 1.85 bits per heavy atom. The van der Waals surface area contributed by atoms with Crippen LogP contribution in [0.3, 0.4) is 0 Å². The van der Waals surface area contributed by atoms with Gasteiger partial charge in [-0.2, -0.15) is 10.2 Å². The molecular formula is C16H20N6O3S. The van der Waals surface area contributed by atoms with Crippen LogP contribution in [0.5, 0.6) is 0 Å². The summed E-state index contributed by atoms with van der Waals surface area (Å²) < 4.78 is 0.976. The number of aryl methyl sites for hydroxylation is 1. The number of hydrogen-bond donors (Lipinski definition) is 1. The molecule has 1 amide bonds. The summed E-state index contributed by atoms with van der Waals surface area (Å²) in [5.74, 6) is -0.297. The van der Waals surface area contributed by atoms with Crippen LogP contribution < -0.4 is 11.2 Å². The molecular weight excluding hydrogens is 356 g/mol. The third-order valence-electron chi connectivity index (χ3n) is 4.46. The molecule has 3 rings (SSSR count). The third-order valence-corrected chi connectivity index (χ3v) is 5.63. The maximum Gasteiger partial charge on any atom is 0.330 e. The summed E-state index contributed by atoms with van der Waals surface area (Å²) in [6.45, 7) is 7.07. The van der Waals surface area contributed by atoms with E-state index in [2.05, 4.69) is 15.2 Å². The molecule has 0 aliphatic rings. The minimum absolute atomic E-state index is 0.0381. The Labute approximate surface area is 152 Å². The molecule has 9 nitrogen and oxygen atoms in total. The van der Waals surface area contributed by atoms with E-state index < -0.39 is 17.3 Å². The molecule has 138 valence electrons. The summed E-state index contributed by atoms with van der Waals surface area (Å²) in [5, 5.41) is 9.17. The van der Waals surface area contributed by atoms with Gasteiger partial charge >= 0.3 is 5.69 Å². The molecule has 0 saturated heterocycles. The molecule has 3 aromatic heterocycles. The molecule has 1 atom stereocenters. The molecule has 1 N–H and O–H groups in total. The molecule has 3 heterocycles. The zero-order valence-electron chi connectivity index (χ0n) is 15.2. The van der Waals surface area contributed by atoms with Gasteiger partial charge in [-0.1, -0.05) is 11.3 Å². The first-order chi connectivity index (χ1) is 12.2. The number of carbonyl (C=O) groups is 1. The Morgan fingerprint density at radius 1 is 1.23 bits per heavy atom.